The van der Waals surface area contributed by atoms with Gasteiger partial charge in [-0.05, 0) is 25.1 Å². The van der Waals surface area contributed by atoms with E-state index in [4.69, 9.17) is 4.74 Å². The summed E-state index contributed by atoms with van der Waals surface area (Å²) in [6.07, 6.45) is 0. The molecule has 21 heavy (non-hydrogen) atoms. The Bertz CT molecular complexity index is 687. The van der Waals surface area contributed by atoms with Crippen LogP contribution in [0.1, 0.15) is 18.3 Å². The molecular weight excluding hydrogens is 298 g/mol. The first-order chi connectivity index (χ1) is 10.1. The number of nitrogens with one attached hydrogen (secondary N) is 2. The summed E-state index contributed by atoms with van der Waals surface area (Å²) in [5, 5.41) is 22.2. The summed E-state index contributed by atoms with van der Waals surface area (Å²) in [6.45, 7) is 1.83. The van der Waals surface area contributed by atoms with Crippen molar-refractivity contribution in [2.24, 2.45) is 0 Å². The van der Waals surface area contributed by atoms with Crippen molar-refractivity contribution in [1.29, 1.82) is 0 Å². The quantitative estimate of drug-likeness (QED) is 0.632. The van der Waals surface area contributed by atoms with Crippen LogP contribution in [0.5, 0.6) is 5.75 Å². The molecule has 0 radical (unpaired) electrons. The lowest BCUT2D eigenvalue weighted by Gasteiger charge is -2.11. The minimum Gasteiger partial charge on any atom is -0.494 e. The van der Waals surface area contributed by atoms with Crippen LogP contribution >= 0.6 is 0 Å². The summed E-state index contributed by atoms with van der Waals surface area (Å²) in [4.78, 5) is 0.0264. The van der Waals surface area contributed by atoms with Gasteiger partial charge in [-0.2, -0.15) is 5.21 Å². The molecule has 0 saturated carbocycles. The summed E-state index contributed by atoms with van der Waals surface area (Å²) < 4.78 is 31.9. The molecule has 0 fully saturated rings. The van der Waals surface area contributed by atoms with Crippen molar-refractivity contribution in [3.63, 3.8) is 0 Å². The van der Waals surface area contributed by atoms with Crippen molar-refractivity contribution in [2.75, 3.05) is 6.61 Å². The van der Waals surface area contributed by atoms with Gasteiger partial charge in [-0.1, -0.05) is 5.21 Å². The maximum absolute atomic E-state index is 12.1. The van der Waals surface area contributed by atoms with E-state index in [0.29, 0.717) is 17.9 Å². The largest absolute Gasteiger partial charge is 0.494 e. The monoisotopic (exact) mass is 313 g/mol. The number of aromatic amines is 1. The number of sulfonamides is 1. The predicted molar refractivity (Wildman–Crippen MR) is 71.7 cm³/mol. The van der Waals surface area contributed by atoms with Crippen LogP contribution in [0.2, 0.25) is 0 Å². The lowest BCUT2D eigenvalue weighted by atomic mass is 10.2. The smallest absolute Gasteiger partial charge is 0.240 e. The van der Waals surface area contributed by atoms with Gasteiger partial charge in [-0.25, -0.2) is 13.1 Å². The Hall–Kier alpha value is -2.04. The fraction of sp³-hybridized carbons (Fsp3) is 0.364. The number of benzene rings is 1. The Labute approximate surface area is 121 Å². The number of aliphatic hydroxyl groups is 1. The highest BCUT2D eigenvalue weighted by Gasteiger charge is 2.17. The van der Waals surface area contributed by atoms with E-state index in [9.17, 15) is 13.5 Å². The van der Waals surface area contributed by atoms with Gasteiger partial charge in [0.1, 0.15) is 5.75 Å². The van der Waals surface area contributed by atoms with Crippen LogP contribution in [0.15, 0.2) is 23.1 Å². The summed E-state index contributed by atoms with van der Waals surface area (Å²) in [7, 11) is -3.74. The Kier molecular flexibility index (Phi) is 4.83. The Morgan fingerprint density at radius 3 is 2.86 bits per heavy atom. The van der Waals surface area contributed by atoms with Gasteiger partial charge in [0.05, 0.1) is 24.7 Å². The number of hydrogen-bond donors (Lipinski definition) is 3. The van der Waals surface area contributed by atoms with E-state index in [1.807, 2.05) is 0 Å². The first-order valence-electron chi connectivity index (χ1n) is 6.15. The van der Waals surface area contributed by atoms with Crippen LogP contribution in [-0.4, -0.2) is 40.8 Å². The van der Waals surface area contributed by atoms with Crippen LogP contribution in [-0.2, 0) is 23.2 Å². The van der Waals surface area contributed by atoms with E-state index in [1.165, 1.54) is 18.2 Å². The van der Waals surface area contributed by atoms with Gasteiger partial charge in [-0.3, -0.25) is 0 Å². The van der Waals surface area contributed by atoms with Crippen molar-refractivity contribution in [3.8, 4) is 5.75 Å². The topological polar surface area (TPSA) is 130 Å². The first-order valence-corrected chi connectivity index (χ1v) is 7.63. The highest BCUT2D eigenvalue weighted by atomic mass is 32.2. The number of H-pyrrole nitrogens is 1. The first kappa shape index (κ1) is 15.4. The second kappa shape index (κ2) is 6.61. The second-order valence-electron chi connectivity index (χ2n) is 4.01. The molecule has 0 amide bonds. The number of tetrazole rings is 1. The standard InChI is InChI=1S/C11H15N5O4S/c1-2-20-10-4-3-9(5-8(10)7-17)21(18,19)12-6-11-13-15-16-14-11/h3-5,12,17H,2,6-7H2,1H3,(H,13,14,15,16). The third-order valence-electron chi connectivity index (χ3n) is 2.62. The molecule has 0 aliphatic heterocycles. The zero-order valence-electron chi connectivity index (χ0n) is 11.3. The molecule has 0 saturated heterocycles. The molecule has 9 nitrogen and oxygen atoms in total. The molecule has 114 valence electrons. The zero-order valence-corrected chi connectivity index (χ0v) is 12.1. The van der Waals surface area contributed by atoms with E-state index in [0.717, 1.165) is 0 Å². The average molecular weight is 313 g/mol. The van der Waals surface area contributed by atoms with Gasteiger partial charge < -0.3 is 9.84 Å². The van der Waals surface area contributed by atoms with Crippen LogP contribution in [0.4, 0.5) is 0 Å². The van der Waals surface area contributed by atoms with Crippen LogP contribution < -0.4 is 9.46 Å². The molecule has 0 aliphatic rings. The molecular formula is C11H15N5O4S. The van der Waals surface area contributed by atoms with Gasteiger partial charge >= 0.3 is 0 Å². The van der Waals surface area contributed by atoms with Gasteiger partial charge in [0.25, 0.3) is 0 Å². The van der Waals surface area contributed by atoms with Crippen molar-refractivity contribution < 1.29 is 18.3 Å². The van der Waals surface area contributed by atoms with Gasteiger partial charge in [0.2, 0.25) is 10.0 Å². The van der Waals surface area contributed by atoms with E-state index < -0.39 is 10.0 Å². The molecule has 0 bridgehead atoms. The summed E-state index contributed by atoms with van der Waals surface area (Å²) in [5.41, 5.74) is 0.402. The molecule has 0 unspecified atom stereocenters. The highest BCUT2D eigenvalue weighted by molar-refractivity contribution is 7.89. The minimum absolute atomic E-state index is 0.0264. The molecule has 0 spiro atoms. The van der Waals surface area contributed by atoms with Crippen molar-refractivity contribution in [1.82, 2.24) is 25.3 Å². The lowest BCUT2D eigenvalue weighted by Crippen LogP contribution is -2.24. The SMILES string of the molecule is CCOc1ccc(S(=O)(=O)NCc2nn[nH]n2)cc1CO. The fourth-order valence-electron chi connectivity index (χ4n) is 1.64. The third-order valence-corrected chi connectivity index (χ3v) is 4.02. The number of ether oxygens (including phenoxy) is 1. The fourth-order valence-corrected chi connectivity index (χ4v) is 2.67. The van der Waals surface area contributed by atoms with Crippen molar-refractivity contribution in [3.05, 3.63) is 29.6 Å². The normalized spacial score (nSPS) is 11.5. The second-order valence-corrected chi connectivity index (χ2v) is 5.78. The van der Waals surface area contributed by atoms with Crippen molar-refractivity contribution in [2.45, 2.75) is 25.0 Å². The van der Waals surface area contributed by atoms with Gasteiger partial charge in [0, 0.05) is 5.56 Å². The van der Waals surface area contributed by atoms with Crippen molar-refractivity contribution >= 4 is 10.0 Å². The van der Waals surface area contributed by atoms with E-state index in [1.54, 1.807) is 6.92 Å². The van der Waals surface area contributed by atoms with Crippen LogP contribution in [0.25, 0.3) is 0 Å². The molecule has 1 heterocycles. The molecule has 2 rings (SSSR count). The number of aliphatic hydroxyl groups excluding tert-OH is 1. The van der Waals surface area contributed by atoms with Gasteiger partial charge in [0.15, 0.2) is 5.82 Å². The summed E-state index contributed by atoms with van der Waals surface area (Å²) in [5.74, 6) is 0.684. The minimum atomic E-state index is -3.74. The van der Waals surface area contributed by atoms with E-state index in [2.05, 4.69) is 25.3 Å². The summed E-state index contributed by atoms with van der Waals surface area (Å²) in [6, 6.07) is 4.28. The molecule has 1 aromatic heterocycles. The zero-order chi connectivity index (χ0) is 15.3. The van der Waals surface area contributed by atoms with Crippen LogP contribution in [0.3, 0.4) is 0 Å². The Morgan fingerprint density at radius 1 is 1.43 bits per heavy atom. The molecule has 10 heteroatoms. The molecule has 2 aromatic rings. The van der Waals surface area contributed by atoms with E-state index >= 15 is 0 Å². The molecule has 3 N–H and O–H groups in total. The number of nitrogens with zero attached hydrogens (tertiary/aromatic N) is 3. The number of rotatable bonds is 7. The predicted octanol–water partition coefficient (Wildman–Crippen LogP) is -0.431. The lowest BCUT2D eigenvalue weighted by molar-refractivity contribution is 0.266. The Morgan fingerprint density at radius 2 is 2.24 bits per heavy atom. The molecule has 1 aromatic carbocycles. The molecule has 0 aliphatic carbocycles. The van der Waals surface area contributed by atoms with Gasteiger partial charge in [-0.15, -0.1) is 10.2 Å². The number of aromatic nitrogens is 4. The third kappa shape index (κ3) is 3.74. The maximum atomic E-state index is 12.1. The highest BCUT2D eigenvalue weighted by Crippen LogP contribution is 2.22. The van der Waals surface area contributed by atoms with Crippen LogP contribution in [0, 0.1) is 0 Å². The number of hydrogen-bond acceptors (Lipinski definition) is 7. The van der Waals surface area contributed by atoms with E-state index in [-0.39, 0.29) is 23.9 Å². The molecule has 0 atom stereocenters. The average Bonchev–Trinajstić information content (AvgIpc) is 2.99. The summed E-state index contributed by atoms with van der Waals surface area (Å²) >= 11 is 0. The Balaban J connectivity index is 2.19. The maximum Gasteiger partial charge on any atom is 0.240 e.